The Morgan fingerprint density at radius 1 is 1.12 bits per heavy atom. The fraction of sp³-hybridized carbons (Fsp3) is 0.895. The van der Waals surface area contributed by atoms with Crippen molar-refractivity contribution >= 4 is 35.8 Å². The Bertz CT molecular complexity index is 456. The highest BCUT2D eigenvalue weighted by molar-refractivity contribution is 14.0. The fourth-order valence-corrected chi connectivity index (χ4v) is 4.35. The Labute approximate surface area is 169 Å². The van der Waals surface area contributed by atoms with E-state index in [4.69, 9.17) is 0 Å². The van der Waals surface area contributed by atoms with Gasteiger partial charge in [-0.05, 0) is 50.9 Å². The highest BCUT2D eigenvalue weighted by atomic mass is 127. The summed E-state index contributed by atoms with van der Waals surface area (Å²) >= 11 is 0. The molecule has 1 saturated heterocycles. The van der Waals surface area contributed by atoms with E-state index in [9.17, 15) is 4.79 Å². The number of amides is 1. The number of guanidine groups is 1. The monoisotopic (exact) mass is 462 g/mol. The van der Waals surface area contributed by atoms with Gasteiger partial charge < -0.3 is 15.5 Å². The fourth-order valence-electron chi connectivity index (χ4n) is 4.35. The Balaban J connectivity index is 0.00000225. The van der Waals surface area contributed by atoms with Crippen LogP contribution in [0.4, 0.5) is 0 Å². The molecule has 2 aliphatic carbocycles. The number of carbonyl (C=O) groups excluding carboxylic acids is 1. The van der Waals surface area contributed by atoms with E-state index in [2.05, 4.69) is 27.4 Å². The second-order valence-corrected chi connectivity index (χ2v) is 7.95. The molecule has 1 heterocycles. The number of nitrogens with zero attached hydrogens (tertiary/aromatic N) is 2. The van der Waals surface area contributed by atoms with Crippen molar-refractivity contribution in [3.05, 3.63) is 0 Å². The van der Waals surface area contributed by atoms with Gasteiger partial charge in [-0.1, -0.05) is 25.7 Å². The van der Waals surface area contributed by atoms with Gasteiger partial charge in [0.05, 0.1) is 0 Å². The largest absolute Gasteiger partial charge is 0.357 e. The lowest BCUT2D eigenvalue weighted by Gasteiger charge is -2.44. The van der Waals surface area contributed by atoms with Gasteiger partial charge in [0.25, 0.3) is 0 Å². The first-order valence-corrected chi connectivity index (χ1v) is 10.0. The van der Waals surface area contributed by atoms with E-state index in [1.165, 1.54) is 51.4 Å². The van der Waals surface area contributed by atoms with Gasteiger partial charge >= 0.3 is 0 Å². The van der Waals surface area contributed by atoms with Gasteiger partial charge in [-0.25, -0.2) is 4.99 Å². The summed E-state index contributed by atoms with van der Waals surface area (Å²) in [6, 6.07) is 0.416. The standard InChI is InChI=1S/C19H34N4O.HI/c1-2-20-18(21-14-17(24)22-16-8-9-16)23-13-7-12-19(15-23)10-5-3-4-6-11-19;/h16H,2-15H2,1H3,(H,20,21)(H,22,24);1H. The van der Waals surface area contributed by atoms with E-state index in [1.807, 2.05) is 0 Å². The summed E-state index contributed by atoms with van der Waals surface area (Å²) in [5.74, 6) is 1.00. The average Bonchev–Trinajstić information content (AvgIpc) is 3.40. The van der Waals surface area contributed by atoms with Crippen LogP contribution >= 0.6 is 24.0 Å². The Hall–Kier alpha value is -0.530. The van der Waals surface area contributed by atoms with E-state index >= 15 is 0 Å². The maximum Gasteiger partial charge on any atom is 0.242 e. The topological polar surface area (TPSA) is 56.7 Å². The maximum atomic E-state index is 12.0. The van der Waals surface area contributed by atoms with Crippen LogP contribution in [0, 0.1) is 5.41 Å². The lowest BCUT2D eigenvalue weighted by molar-refractivity contribution is -0.119. The number of hydrogen-bond acceptors (Lipinski definition) is 2. The molecule has 0 aromatic heterocycles. The van der Waals surface area contributed by atoms with Crippen molar-refractivity contribution in [2.75, 3.05) is 26.2 Å². The van der Waals surface area contributed by atoms with Crippen LogP contribution in [0.15, 0.2) is 4.99 Å². The predicted molar refractivity (Wildman–Crippen MR) is 114 cm³/mol. The van der Waals surface area contributed by atoms with Gasteiger partial charge in [0.1, 0.15) is 6.54 Å². The molecule has 3 aliphatic rings. The highest BCUT2D eigenvalue weighted by Crippen LogP contribution is 2.42. The third-order valence-corrected chi connectivity index (χ3v) is 5.77. The van der Waals surface area contributed by atoms with Crippen LogP contribution in [0.1, 0.15) is 71.1 Å². The van der Waals surface area contributed by atoms with Crippen LogP contribution in [0.3, 0.4) is 0 Å². The van der Waals surface area contributed by atoms with Gasteiger partial charge in [-0.3, -0.25) is 4.79 Å². The second-order valence-electron chi connectivity index (χ2n) is 7.95. The number of likely N-dealkylation sites (tertiary alicyclic amines) is 1. The zero-order valence-corrected chi connectivity index (χ0v) is 18.0. The van der Waals surface area contributed by atoms with Crippen LogP contribution in [-0.2, 0) is 4.79 Å². The summed E-state index contributed by atoms with van der Waals surface area (Å²) in [7, 11) is 0. The molecule has 1 aliphatic heterocycles. The molecule has 1 spiro atoms. The number of nitrogens with one attached hydrogen (secondary N) is 2. The molecule has 3 rings (SSSR count). The van der Waals surface area contributed by atoms with Crippen LogP contribution in [0.25, 0.3) is 0 Å². The predicted octanol–water partition coefficient (Wildman–Crippen LogP) is 3.28. The van der Waals surface area contributed by atoms with Gasteiger partial charge in [-0.2, -0.15) is 0 Å². The molecule has 0 radical (unpaired) electrons. The number of rotatable bonds is 4. The smallest absolute Gasteiger partial charge is 0.242 e. The minimum atomic E-state index is 0. The van der Waals surface area contributed by atoms with Crippen LogP contribution in [0.2, 0.25) is 0 Å². The van der Waals surface area contributed by atoms with Crippen molar-refractivity contribution in [2.24, 2.45) is 10.4 Å². The van der Waals surface area contributed by atoms with E-state index in [0.717, 1.165) is 38.4 Å². The SMILES string of the molecule is CCNC(=NCC(=O)NC1CC1)N1CCCC2(CCCCCC2)C1.I. The van der Waals surface area contributed by atoms with Gasteiger partial charge in [0.2, 0.25) is 5.91 Å². The molecule has 25 heavy (non-hydrogen) atoms. The molecular formula is C19H35IN4O. The van der Waals surface area contributed by atoms with Gasteiger partial charge in [0, 0.05) is 25.7 Å². The normalized spacial score (nSPS) is 23.6. The van der Waals surface area contributed by atoms with E-state index in [0.29, 0.717) is 11.5 Å². The van der Waals surface area contributed by atoms with Crippen molar-refractivity contribution in [1.29, 1.82) is 0 Å². The summed E-state index contributed by atoms with van der Waals surface area (Å²) < 4.78 is 0. The summed E-state index contributed by atoms with van der Waals surface area (Å²) in [6.07, 6.45) is 13.2. The van der Waals surface area contributed by atoms with Gasteiger partial charge in [0.15, 0.2) is 5.96 Å². The molecule has 0 aromatic carbocycles. The Kier molecular flexibility index (Phi) is 8.29. The van der Waals surface area contributed by atoms with Crippen LogP contribution in [-0.4, -0.2) is 49.0 Å². The number of carbonyl (C=O) groups is 1. The van der Waals surface area contributed by atoms with Crippen molar-refractivity contribution in [1.82, 2.24) is 15.5 Å². The average molecular weight is 462 g/mol. The van der Waals surface area contributed by atoms with E-state index in [1.54, 1.807) is 0 Å². The second kappa shape index (κ2) is 9.97. The third-order valence-electron chi connectivity index (χ3n) is 5.77. The first kappa shape index (κ1) is 20.8. The quantitative estimate of drug-likeness (QED) is 0.383. The first-order valence-electron chi connectivity index (χ1n) is 10.0. The lowest BCUT2D eigenvalue weighted by Crippen LogP contribution is -2.50. The minimum Gasteiger partial charge on any atom is -0.357 e. The van der Waals surface area contributed by atoms with Crippen LogP contribution in [0.5, 0.6) is 0 Å². The highest BCUT2D eigenvalue weighted by Gasteiger charge is 2.36. The summed E-state index contributed by atoms with van der Waals surface area (Å²) in [4.78, 5) is 19.0. The number of piperidine rings is 1. The van der Waals surface area contributed by atoms with Crippen molar-refractivity contribution in [3.63, 3.8) is 0 Å². The maximum absolute atomic E-state index is 12.0. The lowest BCUT2D eigenvalue weighted by atomic mass is 9.74. The van der Waals surface area contributed by atoms with Crippen molar-refractivity contribution in [3.8, 4) is 0 Å². The molecule has 0 aromatic rings. The number of hydrogen-bond donors (Lipinski definition) is 2. The zero-order chi connectivity index (χ0) is 16.8. The molecule has 0 atom stereocenters. The zero-order valence-electron chi connectivity index (χ0n) is 15.7. The van der Waals surface area contributed by atoms with E-state index in [-0.39, 0.29) is 36.4 Å². The molecule has 0 unspecified atom stereocenters. The Morgan fingerprint density at radius 2 is 1.80 bits per heavy atom. The Morgan fingerprint density at radius 3 is 2.44 bits per heavy atom. The molecule has 6 heteroatoms. The van der Waals surface area contributed by atoms with Crippen LogP contribution < -0.4 is 10.6 Å². The van der Waals surface area contributed by atoms with Gasteiger partial charge in [-0.15, -0.1) is 24.0 Å². The molecule has 0 bridgehead atoms. The molecule has 2 N–H and O–H groups in total. The summed E-state index contributed by atoms with van der Waals surface area (Å²) in [5, 5.41) is 6.44. The summed E-state index contributed by atoms with van der Waals surface area (Å²) in [6.45, 7) is 5.39. The van der Waals surface area contributed by atoms with E-state index < -0.39 is 0 Å². The third kappa shape index (κ3) is 6.29. The molecule has 3 fully saturated rings. The number of aliphatic imine (C=N–C) groups is 1. The molecule has 2 saturated carbocycles. The molecule has 5 nitrogen and oxygen atoms in total. The van der Waals surface area contributed by atoms with Crippen molar-refractivity contribution in [2.45, 2.75) is 77.2 Å². The molecule has 144 valence electrons. The number of halogens is 1. The minimum absolute atomic E-state index is 0. The first-order chi connectivity index (χ1) is 11.7. The van der Waals surface area contributed by atoms with Crippen molar-refractivity contribution < 1.29 is 4.79 Å². The molecular weight excluding hydrogens is 427 g/mol. The molecule has 1 amide bonds. The summed E-state index contributed by atoms with van der Waals surface area (Å²) in [5.41, 5.74) is 0.487.